The summed E-state index contributed by atoms with van der Waals surface area (Å²) in [5.41, 5.74) is 6.58. The molecule has 0 aliphatic carbocycles. The number of anilines is 1. The van der Waals surface area contributed by atoms with E-state index in [9.17, 15) is 4.79 Å². The van der Waals surface area contributed by atoms with Gasteiger partial charge in [0.05, 0.1) is 25.5 Å². The fourth-order valence-electron chi connectivity index (χ4n) is 1.40. The van der Waals surface area contributed by atoms with E-state index in [1.54, 1.807) is 16.8 Å². The third-order valence-electron chi connectivity index (χ3n) is 2.16. The minimum atomic E-state index is -0.420. The Kier molecular flexibility index (Phi) is 5.51. The number of rotatable bonds is 7. The average molecular weight is 242 g/mol. The molecule has 0 saturated heterocycles. The van der Waals surface area contributed by atoms with Crippen LogP contribution in [-0.4, -0.2) is 42.1 Å². The summed E-state index contributed by atoms with van der Waals surface area (Å²) in [6.45, 7) is 3.21. The maximum Gasteiger partial charge on any atom is 0.355 e. The second kappa shape index (κ2) is 6.93. The van der Waals surface area contributed by atoms with Gasteiger partial charge in [-0.1, -0.05) is 0 Å². The molecule has 0 aromatic carbocycles. The van der Waals surface area contributed by atoms with Crippen molar-refractivity contribution in [3.05, 3.63) is 18.0 Å². The number of aliphatic hydroxyl groups excluding tert-OH is 1. The van der Waals surface area contributed by atoms with Crippen LogP contribution in [-0.2, 0) is 16.0 Å². The van der Waals surface area contributed by atoms with E-state index >= 15 is 0 Å². The maximum absolute atomic E-state index is 11.7. The molecule has 1 rings (SSSR count). The Labute approximate surface area is 99.9 Å². The summed E-state index contributed by atoms with van der Waals surface area (Å²) in [7, 11) is 0. The van der Waals surface area contributed by atoms with Gasteiger partial charge >= 0.3 is 5.97 Å². The highest BCUT2D eigenvalue weighted by Gasteiger charge is 2.13. The average Bonchev–Trinajstić information content (AvgIpc) is 2.70. The number of nitrogens with two attached hydrogens (primary N) is 1. The Morgan fingerprint density at radius 2 is 2.24 bits per heavy atom. The summed E-state index contributed by atoms with van der Waals surface area (Å²) in [5.74, 6) is -0.420. The molecule has 0 amide bonds. The van der Waals surface area contributed by atoms with Crippen molar-refractivity contribution in [2.75, 3.05) is 32.2 Å². The molecule has 0 radical (unpaired) electrons. The molecule has 6 nitrogen and oxygen atoms in total. The standard InChI is InChI=1S/C11H18N2O4/c1-2-13-8-9(12)7-10(13)11(15)17-6-5-16-4-3-14/h7-8,14H,2-6,12H2,1H3. The zero-order chi connectivity index (χ0) is 12.7. The van der Waals surface area contributed by atoms with E-state index in [2.05, 4.69) is 0 Å². The van der Waals surface area contributed by atoms with Crippen LogP contribution in [0.15, 0.2) is 12.3 Å². The van der Waals surface area contributed by atoms with E-state index in [1.165, 1.54) is 0 Å². The molecule has 1 aromatic rings. The van der Waals surface area contributed by atoms with Crippen molar-refractivity contribution in [2.45, 2.75) is 13.5 Å². The van der Waals surface area contributed by atoms with Crippen LogP contribution in [0.2, 0.25) is 0 Å². The number of carbonyl (C=O) groups is 1. The van der Waals surface area contributed by atoms with E-state index < -0.39 is 5.97 Å². The zero-order valence-corrected chi connectivity index (χ0v) is 9.89. The summed E-state index contributed by atoms with van der Waals surface area (Å²) >= 11 is 0. The predicted molar refractivity (Wildman–Crippen MR) is 62.7 cm³/mol. The van der Waals surface area contributed by atoms with Gasteiger partial charge in [-0.15, -0.1) is 0 Å². The molecule has 0 aliphatic heterocycles. The fourth-order valence-corrected chi connectivity index (χ4v) is 1.40. The Hall–Kier alpha value is -1.53. The van der Waals surface area contributed by atoms with Crippen molar-refractivity contribution in [1.29, 1.82) is 0 Å². The number of nitrogens with zero attached hydrogens (tertiary/aromatic N) is 1. The summed E-state index contributed by atoms with van der Waals surface area (Å²) < 4.78 is 11.7. The quantitative estimate of drug-likeness (QED) is 0.529. The second-order valence-corrected chi connectivity index (χ2v) is 3.42. The third kappa shape index (κ3) is 4.08. The lowest BCUT2D eigenvalue weighted by Crippen LogP contribution is -2.15. The van der Waals surface area contributed by atoms with Gasteiger partial charge in [0.1, 0.15) is 12.3 Å². The first-order valence-electron chi connectivity index (χ1n) is 5.50. The van der Waals surface area contributed by atoms with Gasteiger partial charge in [-0.05, 0) is 13.0 Å². The maximum atomic E-state index is 11.7. The van der Waals surface area contributed by atoms with E-state index in [0.29, 0.717) is 17.9 Å². The van der Waals surface area contributed by atoms with Crippen LogP contribution >= 0.6 is 0 Å². The van der Waals surface area contributed by atoms with Gasteiger partial charge in [0.25, 0.3) is 0 Å². The van der Waals surface area contributed by atoms with Gasteiger partial charge in [-0.3, -0.25) is 0 Å². The van der Waals surface area contributed by atoms with E-state index in [4.69, 9.17) is 20.3 Å². The summed E-state index contributed by atoms with van der Waals surface area (Å²) in [4.78, 5) is 11.7. The first kappa shape index (κ1) is 13.5. The van der Waals surface area contributed by atoms with Crippen molar-refractivity contribution in [2.24, 2.45) is 0 Å². The zero-order valence-electron chi connectivity index (χ0n) is 9.89. The van der Waals surface area contributed by atoms with Crippen molar-refractivity contribution in [3.63, 3.8) is 0 Å². The normalized spacial score (nSPS) is 10.5. The van der Waals surface area contributed by atoms with Crippen molar-refractivity contribution in [1.82, 2.24) is 4.57 Å². The molecular formula is C11H18N2O4. The minimum Gasteiger partial charge on any atom is -0.459 e. The number of nitrogen functional groups attached to an aromatic ring is 1. The molecule has 0 unspecified atom stereocenters. The highest BCUT2D eigenvalue weighted by Crippen LogP contribution is 2.11. The topological polar surface area (TPSA) is 86.7 Å². The van der Waals surface area contributed by atoms with Crippen LogP contribution in [0.25, 0.3) is 0 Å². The molecule has 0 fully saturated rings. The van der Waals surface area contributed by atoms with Crippen molar-refractivity contribution in [3.8, 4) is 0 Å². The predicted octanol–water partition coefficient (Wildman–Crippen LogP) is 0.256. The van der Waals surface area contributed by atoms with Crippen molar-refractivity contribution >= 4 is 11.7 Å². The number of hydrogen-bond donors (Lipinski definition) is 2. The van der Waals surface area contributed by atoms with Gasteiger partial charge in [-0.2, -0.15) is 0 Å². The van der Waals surface area contributed by atoms with Gasteiger partial charge < -0.3 is 24.9 Å². The summed E-state index contributed by atoms with van der Waals surface area (Å²) in [6, 6.07) is 1.58. The van der Waals surface area contributed by atoms with Crippen LogP contribution in [0.5, 0.6) is 0 Å². The smallest absolute Gasteiger partial charge is 0.355 e. The molecule has 17 heavy (non-hydrogen) atoms. The number of carbonyl (C=O) groups excluding carboxylic acids is 1. The first-order valence-corrected chi connectivity index (χ1v) is 5.50. The van der Waals surface area contributed by atoms with Crippen LogP contribution < -0.4 is 5.73 Å². The first-order chi connectivity index (χ1) is 8.19. The molecule has 0 atom stereocenters. The van der Waals surface area contributed by atoms with Crippen LogP contribution in [0.3, 0.4) is 0 Å². The molecular weight excluding hydrogens is 224 g/mol. The number of esters is 1. The minimum absolute atomic E-state index is 0.0385. The van der Waals surface area contributed by atoms with Crippen LogP contribution in [0, 0.1) is 0 Å². The largest absolute Gasteiger partial charge is 0.459 e. The molecule has 1 heterocycles. The van der Waals surface area contributed by atoms with Crippen LogP contribution in [0.1, 0.15) is 17.4 Å². The molecule has 1 aromatic heterocycles. The number of hydrogen-bond acceptors (Lipinski definition) is 5. The lowest BCUT2D eigenvalue weighted by Gasteiger charge is -2.07. The highest BCUT2D eigenvalue weighted by molar-refractivity contribution is 5.89. The van der Waals surface area contributed by atoms with Gasteiger partial charge in [-0.25, -0.2) is 4.79 Å². The SMILES string of the molecule is CCn1cc(N)cc1C(=O)OCCOCCO. The Bertz CT molecular complexity index is 362. The lowest BCUT2D eigenvalue weighted by atomic mass is 10.4. The number of aliphatic hydroxyl groups is 1. The lowest BCUT2D eigenvalue weighted by molar-refractivity contribution is 0.0249. The van der Waals surface area contributed by atoms with Crippen LogP contribution in [0.4, 0.5) is 5.69 Å². The fraction of sp³-hybridized carbons (Fsp3) is 0.545. The Morgan fingerprint density at radius 3 is 2.88 bits per heavy atom. The molecule has 3 N–H and O–H groups in total. The molecule has 96 valence electrons. The van der Waals surface area contributed by atoms with E-state index in [-0.39, 0.29) is 26.4 Å². The van der Waals surface area contributed by atoms with E-state index in [0.717, 1.165) is 0 Å². The molecule has 0 saturated carbocycles. The monoisotopic (exact) mass is 242 g/mol. The molecule has 6 heteroatoms. The molecule has 0 spiro atoms. The highest BCUT2D eigenvalue weighted by atomic mass is 16.6. The van der Waals surface area contributed by atoms with Crippen molar-refractivity contribution < 1.29 is 19.4 Å². The summed E-state index contributed by atoms with van der Waals surface area (Å²) in [5, 5.41) is 8.47. The van der Waals surface area contributed by atoms with Gasteiger partial charge in [0.15, 0.2) is 0 Å². The van der Waals surface area contributed by atoms with Gasteiger partial charge in [0.2, 0.25) is 0 Å². The third-order valence-corrected chi connectivity index (χ3v) is 2.16. The number of ether oxygens (including phenoxy) is 2. The summed E-state index contributed by atoms with van der Waals surface area (Å²) in [6.07, 6.45) is 1.69. The van der Waals surface area contributed by atoms with E-state index in [1.807, 2.05) is 6.92 Å². The number of aromatic nitrogens is 1. The Morgan fingerprint density at radius 1 is 1.47 bits per heavy atom. The molecule has 0 bridgehead atoms. The Balaban J connectivity index is 2.41. The second-order valence-electron chi connectivity index (χ2n) is 3.42. The number of aryl methyl sites for hydroxylation is 1. The molecule has 0 aliphatic rings. The van der Waals surface area contributed by atoms with Gasteiger partial charge in [0, 0.05) is 12.7 Å².